The zero-order chi connectivity index (χ0) is 18.2. The van der Waals surface area contributed by atoms with E-state index in [0.29, 0.717) is 17.9 Å². The topological polar surface area (TPSA) is 81.9 Å². The Labute approximate surface area is 145 Å². The average molecular weight is 343 g/mol. The average Bonchev–Trinajstić information content (AvgIpc) is 2.62. The Bertz CT molecular complexity index is 827. The molecule has 25 heavy (non-hydrogen) atoms. The molecule has 1 heterocycles. The first-order chi connectivity index (χ1) is 12.0. The number of carbonyl (C=O) groups excluding carboxylic acids is 1. The second kappa shape index (κ2) is 8.68. The summed E-state index contributed by atoms with van der Waals surface area (Å²) in [6.45, 7) is 1.73. The van der Waals surface area contributed by atoms with E-state index in [1.54, 1.807) is 32.5 Å². The summed E-state index contributed by atoms with van der Waals surface area (Å²) < 4.78 is 11.8. The van der Waals surface area contributed by atoms with E-state index in [-0.39, 0.29) is 18.0 Å². The van der Waals surface area contributed by atoms with E-state index >= 15 is 0 Å². The molecule has 7 heteroatoms. The number of rotatable bonds is 7. The molecule has 0 unspecified atom stereocenters. The smallest absolute Gasteiger partial charge is 0.260 e. The van der Waals surface area contributed by atoms with E-state index in [1.807, 2.05) is 25.1 Å². The second-order valence-electron chi connectivity index (χ2n) is 5.41. The van der Waals surface area contributed by atoms with E-state index in [0.717, 1.165) is 11.3 Å². The van der Waals surface area contributed by atoms with Crippen LogP contribution in [0.25, 0.3) is 0 Å². The summed E-state index contributed by atoms with van der Waals surface area (Å²) in [5, 5.41) is 4.07. The van der Waals surface area contributed by atoms with Crippen molar-refractivity contribution in [2.75, 3.05) is 14.2 Å². The summed E-state index contributed by atoms with van der Waals surface area (Å²) in [7, 11) is 3.16. The van der Waals surface area contributed by atoms with Crippen LogP contribution in [0.1, 0.15) is 12.5 Å². The van der Waals surface area contributed by atoms with Crippen molar-refractivity contribution in [1.29, 1.82) is 0 Å². The number of carbonyl (C=O) groups is 1. The molecule has 132 valence electrons. The van der Waals surface area contributed by atoms with Crippen LogP contribution in [0.4, 0.5) is 0 Å². The van der Waals surface area contributed by atoms with Crippen LogP contribution >= 0.6 is 0 Å². The quantitative estimate of drug-likeness (QED) is 0.611. The lowest BCUT2D eigenvalue weighted by atomic mass is 10.1. The van der Waals surface area contributed by atoms with Crippen molar-refractivity contribution < 1.29 is 14.3 Å². The maximum Gasteiger partial charge on any atom is 0.260 e. The van der Waals surface area contributed by atoms with Gasteiger partial charge in [0.05, 0.1) is 14.2 Å². The molecule has 7 nitrogen and oxygen atoms in total. The molecule has 0 saturated heterocycles. The van der Waals surface area contributed by atoms with E-state index < -0.39 is 0 Å². The number of ether oxygens (including phenoxy) is 2. The number of amides is 1. The number of hydrogen-bond acceptors (Lipinski definition) is 5. The first kappa shape index (κ1) is 18.3. The van der Waals surface area contributed by atoms with Gasteiger partial charge >= 0.3 is 0 Å². The molecular weight excluding hydrogens is 322 g/mol. The molecule has 1 aromatic heterocycles. The number of nitrogens with one attached hydrogen (secondary N) is 1. The third-order valence-corrected chi connectivity index (χ3v) is 3.49. The first-order valence-corrected chi connectivity index (χ1v) is 7.72. The van der Waals surface area contributed by atoms with Gasteiger partial charge in [0.15, 0.2) is 11.5 Å². The van der Waals surface area contributed by atoms with Gasteiger partial charge in [-0.05, 0) is 30.7 Å². The maximum atomic E-state index is 11.9. The largest absolute Gasteiger partial charge is 0.493 e. The van der Waals surface area contributed by atoms with Gasteiger partial charge in [-0.1, -0.05) is 12.1 Å². The Morgan fingerprint density at radius 3 is 2.60 bits per heavy atom. The highest BCUT2D eigenvalue weighted by atomic mass is 16.5. The number of benzene rings is 1. The van der Waals surface area contributed by atoms with Crippen molar-refractivity contribution in [2.45, 2.75) is 19.9 Å². The molecule has 2 aromatic rings. The van der Waals surface area contributed by atoms with Gasteiger partial charge in [0, 0.05) is 24.4 Å². The van der Waals surface area contributed by atoms with Crippen LogP contribution < -0.4 is 20.5 Å². The zero-order valence-electron chi connectivity index (χ0n) is 14.5. The van der Waals surface area contributed by atoms with Gasteiger partial charge in [0.25, 0.3) is 11.5 Å². The molecule has 0 bridgehead atoms. The third kappa shape index (κ3) is 5.20. The molecule has 0 radical (unpaired) electrons. The molecule has 0 saturated carbocycles. The van der Waals surface area contributed by atoms with Crippen molar-refractivity contribution in [2.24, 2.45) is 5.10 Å². The Balaban J connectivity index is 1.96. The van der Waals surface area contributed by atoms with Gasteiger partial charge in [-0.3, -0.25) is 9.59 Å². The zero-order valence-corrected chi connectivity index (χ0v) is 14.5. The fourth-order valence-corrected chi connectivity index (χ4v) is 2.26. The van der Waals surface area contributed by atoms with Gasteiger partial charge in [-0.25, -0.2) is 5.43 Å². The van der Waals surface area contributed by atoms with Crippen molar-refractivity contribution in [1.82, 2.24) is 9.99 Å². The summed E-state index contributed by atoms with van der Waals surface area (Å²) in [6.07, 6.45) is 2.11. The molecule has 1 N–H and O–H groups in total. The Morgan fingerprint density at radius 2 is 1.92 bits per heavy atom. The summed E-state index contributed by atoms with van der Waals surface area (Å²) in [6, 6.07) is 10.3. The molecule has 0 aliphatic heterocycles. The highest BCUT2D eigenvalue weighted by Crippen LogP contribution is 2.27. The number of aromatic nitrogens is 1. The van der Waals surface area contributed by atoms with Crippen molar-refractivity contribution in [3.05, 3.63) is 58.5 Å². The Kier molecular flexibility index (Phi) is 6.33. The highest BCUT2D eigenvalue weighted by Gasteiger charge is 2.06. The molecule has 1 amide bonds. The van der Waals surface area contributed by atoms with E-state index in [2.05, 4.69) is 10.5 Å². The molecule has 0 spiro atoms. The number of hydrogen-bond donors (Lipinski definition) is 1. The summed E-state index contributed by atoms with van der Waals surface area (Å²) >= 11 is 0. The van der Waals surface area contributed by atoms with Crippen LogP contribution in [0.3, 0.4) is 0 Å². The highest BCUT2D eigenvalue weighted by molar-refractivity contribution is 5.86. The van der Waals surface area contributed by atoms with Crippen molar-refractivity contribution in [3.8, 4) is 11.5 Å². The fraction of sp³-hybridized carbons (Fsp3) is 0.278. The normalized spacial score (nSPS) is 11.1. The summed E-state index contributed by atoms with van der Waals surface area (Å²) in [4.78, 5) is 23.5. The third-order valence-electron chi connectivity index (χ3n) is 3.49. The van der Waals surface area contributed by atoms with Gasteiger partial charge in [-0.15, -0.1) is 0 Å². The van der Waals surface area contributed by atoms with Crippen molar-refractivity contribution >= 4 is 11.6 Å². The van der Waals surface area contributed by atoms with Crippen LogP contribution in [0.5, 0.6) is 11.5 Å². The minimum atomic E-state index is -0.361. The lowest BCUT2D eigenvalue weighted by Crippen LogP contribution is -2.29. The van der Waals surface area contributed by atoms with Gasteiger partial charge in [-0.2, -0.15) is 5.10 Å². The number of pyridine rings is 1. The standard InChI is InChI=1S/C18H21N3O4/c1-13(10-14-7-8-15(24-2)16(11-14)25-3)19-20-17(22)12-21-9-5-4-6-18(21)23/h4-9,11H,10,12H2,1-3H3,(H,20,22)/b19-13-. The Morgan fingerprint density at radius 1 is 1.16 bits per heavy atom. The fourth-order valence-electron chi connectivity index (χ4n) is 2.26. The summed E-state index contributed by atoms with van der Waals surface area (Å²) in [5.41, 5.74) is 3.93. The van der Waals surface area contributed by atoms with Crippen molar-refractivity contribution in [3.63, 3.8) is 0 Å². The van der Waals surface area contributed by atoms with E-state index in [4.69, 9.17) is 9.47 Å². The maximum absolute atomic E-state index is 11.9. The van der Waals surface area contributed by atoms with E-state index in [9.17, 15) is 9.59 Å². The molecule has 0 aliphatic rings. The van der Waals surface area contributed by atoms with E-state index in [1.165, 1.54) is 10.6 Å². The Hall–Kier alpha value is -3.09. The summed E-state index contributed by atoms with van der Waals surface area (Å²) in [5.74, 6) is 0.933. The minimum absolute atomic E-state index is 0.0766. The van der Waals surface area contributed by atoms with Crippen LogP contribution in [-0.4, -0.2) is 30.4 Å². The van der Waals surface area contributed by atoms with Gasteiger partial charge in [0.2, 0.25) is 0 Å². The number of methoxy groups -OCH3 is 2. The molecule has 1 aromatic carbocycles. The number of hydrazone groups is 1. The first-order valence-electron chi connectivity index (χ1n) is 7.72. The second-order valence-corrected chi connectivity index (χ2v) is 5.41. The molecule has 0 atom stereocenters. The SMILES string of the molecule is COc1ccc(C/C(C)=N\NC(=O)Cn2ccccc2=O)cc1OC. The molecule has 0 aliphatic carbocycles. The molecule has 2 rings (SSSR count). The molecular formula is C18H21N3O4. The lowest BCUT2D eigenvalue weighted by Gasteiger charge is -2.09. The predicted octanol–water partition coefficient (Wildman–Crippen LogP) is 1.60. The van der Waals surface area contributed by atoms with Crippen LogP contribution in [0.2, 0.25) is 0 Å². The molecule has 0 fully saturated rings. The minimum Gasteiger partial charge on any atom is -0.493 e. The number of nitrogens with zero attached hydrogens (tertiary/aromatic N) is 2. The monoisotopic (exact) mass is 343 g/mol. The van der Waals surface area contributed by atoms with Crippen LogP contribution in [0, 0.1) is 0 Å². The van der Waals surface area contributed by atoms with Gasteiger partial charge < -0.3 is 14.0 Å². The predicted molar refractivity (Wildman–Crippen MR) is 95.2 cm³/mol. The van der Waals surface area contributed by atoms with Crippen LogP contribution in [-0.2, 0) is 17.8 Å². The van der Waals surface area contributed by atoms with Crippen LogP contribution in [0.15, 0.2) is 52.5 Å². The van der Waals surface area contributed by atoms with Gasteiger partial charge in [0.1, 0.15) is 6.54 Å². The lowest BCUT2D eigenvalue weighted by molar-refractivity contribution is -0.121.